The van der Waals surface area contributed by atoms with E-state index in [0.29, 0.717) is 12.5 Å². The highest BCUT2D eigenvalue weighted by Gasteiger charge is 2.29. The molecule has 0 unspecified atom stereocenters. The van der Waals surface area contributed by atoms with Crippen LogP contribution in [0, 0.1) is 11.8 Å². The third kappa shape index (κ3) is 5.26. The average Bonchev–Trinajstić information content (AvgIpc) is 3.08. The van der Waals surface area contributed by atoms with Gasteiger partial charge < -0.3 is 10.0 Å². The summed E-state index contributed by atoms with van der Waals surface area (Å²) in [6, 6.07) is 7.67. The van der Waals surface area contributed by atoms with Gasteiger partial charge in [-0.1, -0.05) is 38.8 Å². The predicted octanol–water partition coefficient (Wildman–Crippen LogP) is 4.43. The van der Waals surface area contributed by atoms with Gasteiger partial charge in [-0.25, -0.2) is 0 Å². The Morgan fingerprint density at radius 2 is 1.92 bits per heavy atom. The minimum atomic E-state index is -0.842. The zero-order valence-corrected chi connectivity index (χ0v) is 15.3. The zero-order chi connectivity index (χ0) is 17.5. The number of hydrogen-bond donors (Lipinski definition) is 1. The number of carbonyl (C=O) groups excluding carboxylic acids is 1. The van der Waals surface area contributed by atoms with Crippen LogP contribution in [0.15, 0.2) is 29.2 Å². The van der Waals surface area contributed by atoms with Crippen molar-refractivity contribution >= 4 is 29.3 Å². The summed E-state index contributed by atoms with van der Waals surface area (Å²) in [4.78, 5) is 26.7. The Bertz CT molecular complexity index is 567. The van der Waals surface area contributed by atoms with E-state index in [9.17, 15) is 9.59 Å². The van der Waals surface area contributed by atoms with Gasteiger partial charge >= 0.3 is 5.97 Å². The smallest absolute Gasteiger partial charge is 0.313 e. The number of para-hydroxylation sites is 1. The molecule has 0 bridgehead atoms. The topological polar surface area (TPSA) is 57.6 Å². The van der Waals surface area contributed by atoms with Gasteiger partial charge in [0.25, 0.3) is 0 Å². The van der Waals surface area contributed by atoms with E-state index in [2.05, 4.69) is 13.8 Å². The number of rotatable bonds is 8. The normalized spacial score (nSPS) is 15.0. The fourth-order valence-electron chi connectivity index (χ4n) is 3.07. The quantitative estimate of drug-likeness (QED) is 0.705. The number of carboxylic acid groups (broad SMARTS) is 1. The third-order valence-electron chi connectivity index (χ3n) is 4.41. The molecule has 1 aromatic carbocycles. The average molecular weight is 349 g/mol. The molecule has 2 rings (SSSR count). The lowest BCUT2D eigenvalue weighted by atomic mass is 10.0. The van der Waals surface area contributed by atoms with Gasteiger partial charge in [0.15, 0.2) is 0 Å². The van der Waals surface area contributed by atoms with E-state index in [4.69, 9.17) is 5.11 Å². The van der Waals surface area contributed by atoms with Crippen molar-refractivity contribution in [3.63, 3.8) is 0 Å². The molecule has 0 saturated heterocycles. The molecule has 0 radical (unpaired) electrons. The highest BCUT2D eigenvalue weighted by atomic mass is 32.2. The van der Waals surface area contributed by atoms with Crippen molar-refractivity contribution in [1.29, 1.82) is 0 Å². The van der Waals surface area contributed by atoms with Crippen molar-refractivity contribution in [2.45, 2.75) is 50.8 Å². The van der Waals surface area contributed by atoms with E-state index < -0.39 is 5.97 Å². The van der Waals surface area contributed by atoms with Crippen LogP contribution < -0.4 is 4.90 Å². The first-order valence-electron chi connectivity index (χ1n) is 8.74. The van der Waals surface area contributed by atoms with Crippen LogP contribution in [-0.2, 0) is 9.59 Å². The van der Waals surface area contributed by atoms with Crippen LogP contribution >= 0.6 is 11.8 Å². The van der Waals surface area contributed by atoms with Gasteiger partial charge in [-0.3, -0.25) is 9.59 Å². The number of nitrogens with zero attached hydrogens (tertiary/aromatic N) is 1. The summed E-state index contributed by atoms with van der Waals surface area (Å²) in [5, 5.41) is 8.96. The van der Waals surface area contributed by atoms with Crippen LogP contribution in [0.25, 0.3) is 0 Å². The summed E-state index contributed by atoms with van der Waals surface area (Å²) in [6.45, 7) is 5.00. The summed E-state index contributed by atoms with van der Waals surface area (Å²) in [5.41, 5.74) is 0.862. The van der Waals surface area contributed by atoms with Gasteiger partial charge in [0.2, 0.25) is 5.91 Å². The van der Waals surface area contributed by atoms with E-state index in [1.165, 1.54) is 11.8 Å². The number of carboxylic acids is 1. The lowest BCUT2D eigenvalue weighted by Crippen LogP contribution is -2.37. The molecule has 0 aromatic heterocycles. The molecule has 0 spiro atoms. The second-order valence-corrected chi connectivity index (χ2v) is 7.82. The Morgan fingerprint density at radius 1 is 1.25 bits per heavy atom. The molecule has 5 heteroatoms. The standard InChI is InChI=1S/C19H27NO3S/c1-14(2)11-12-20(19(23)15-7-3-4-8-15)16-9-5-6-10-17(16)24-13-18(21)22/h5-6,9-10,14-15H,3-4,7-8,11-13H2,1-2H3,(H,21,22). The number of aliphatic carboxylic acids is 1. The maximum atomic E-state index is 13.0. The minimum Gasteiger partial charge on any atom is -0.481 e. The van der Waals surface area contributed by atoms with Gasteiger partial charge in [-0.05, 0) is 37.3 Å². The van der Waals surface area contributed by atoms with E-state index in [1.54, 1.807) is 0 Å². The second kappa shape index (κ2) is 9.11. The van der Waals surface area contributed by atoms with E-state index in [-0.39, 0.29) is 17.6 Å². The van der Waals surface area contributed by atoms with Crippen LogP contribution in [0.2, 0.25) is 0 Å². The fraction of sp³-hybridized carbons (Fsp3) is 0.579. The van der Waals surface area contributed by atoms with Crippen LogP contribution in [0.1, 0.15) is 46.0 Å². The van der Waals surface area contributed by atoms with Crippen molar-refractivity contribution in [3.8, 4) is 0 Å². The van der Waals surface area contributed by atoms with Crippen LogP contribution in [0.5, 0.6) is 0 Å². The number of amides is 1. The Balaban J connectivity index is 2.24. The lowest BCUT2D eigenvalue weighted by molar-refractivity contribution is -0.133. The molecule has 0 aliphatic heterocycles. The van der Waals surface area contributed by atoms with E-state index in [1.807, 2.05) is 29.2 Å². The second-order valence-electron chi connectivity index (χ2n) is 6.80. The number of thioether (sulfide) groups is 1. The molecule has 0 heterocycles. The Hall–Kier alpha value is -1.49. The monoisotopic (exact) mass is 349 g/mol. The van der Waals surface area contributed by atoms with Crippen LogP contribution in [0.3, 0.4) is 0 Å². The molecule has 132 valence electrons. The highest BCUT2D eigenvalue weighted by Crippen LogP contribution is 2.34. The molecule has 0 atom stereocenters. The Kier molecular flexibility index (Phi) is 7.16. The Morgan fingerprint density at radius 3 is 2.54 bits per heavy atom. The first-order chi connectivity index (χ1) is 11.5. The molecule has 1 aliphatic rings. The molecule has 1 saturated carbocycles. The van der Waals surface area contributed by atoms with Gasteiger partial charge in [0, 0.05) is 17.4 Å². The van der Waals surface area contributed by atoms with Gasteiger partial charge in [-0.15, -0.1) is 11.8 Å². The fourth-order valence-corrected chi connectivity index (χ4v) is 3.85. The summed E-state index contributed by atoms with van der Waals surface area (Å²) in [5.74, 6) is 0.00621. The first-order valence-corrected chi connectivity index (χ1v) is 9.72. The van der Waals surface area contributed by atoms with Gasteiger partial charge in [0.05, 0.1) is 11.4 Å². The summed E-state index contributed by atoms with van der Waals surface area (Å²) in [7, 11) is 0. The highest BCUT2D eigenvalue weighted by molar-refractivity contribution is 8.00. The van der Waals surface area contributed by atoms with Crippen molar-refractivity contribution in [2.75, 3.05) is 17.2 Å². The molecule has 1 fully saturated rings. The Labute approximate surface area is 148 Å². The zero-order valence-electron chi connectivity index (χ0n) is 14.5. The molecule has 24 heavy (non-hydrogen) atoms. The number of carbonyl (C=O) groups is 2. The van der Waals surface area contributed by atoms with Gasteiger partial charge in [-0.2, -0.15) is 0 Å². The van der Waals surface area contributed by atoms with E-state index in [0.717, 1.165) is 42.7 Å². The first kappa shape index (κ1) is 18.8. The predicted molar refractivity (Wildman–Crippen MR) is 98.6 cm³/mol. The molecule has 1 N–H and O–H groups in total. The minimum absolute atomic E-state index is 0.00660. The van der Waals surface area contributed by atoms with Crippen molar-refractivity contribution in [3.05, 3.63) is 24.3 Å². The lowest BCUT2D eigenvalue weighted by Gasteiger charge is -2.28. The molecular weight excluding hydrogens is 322 g/mol. The van der Waals surface area contributed by atoms with Crippen molar-refractivity contribution < 1.29 is 14.7 Å². The van der Waals surface area contributed by atoms with Crippen LogP contribution in [0.4, 0.5) is 5.69 Å². The molecule has 1 aliphatic carbocycles. The summed E-state index contributed by atoms with van der Waals surface area (Å²) < 4.78 is 0. The number of hydrogen-bond acceptors (Lipinski definition) is 3. The van der Waals surface area contributed by atoms with Gasteiger partial charge in [0.1, 0.15) is 0 Å². The molecule has 1 aromatic rings. The molecule has 4 nitrogen and oxygen atoms in total. The number of anilines is 1. The largest absolute Gasteiger partial charge is 0.481 e. The SMILES string of the molecule is CC(C)CCN(C(=O)C1CCCC1)c1ccccc1SCC(=O)O. The summed E-state index contributed by atoms with van der Waals surface area (Å²) in [6.07, 6.45) is 5.15. The number of benzene rings is 1. The van der Waals surface area contributed by atoms with E-state index >= 15 is 0 Å². The maximum Gasteiger partial charge on any atom is 0.313 e. The summed E-state index contributed by atoms with van der Waals surface area (Å²) >= 11 is 1.28. The maximum absolute atomic E-state index is 13.0. The molecule has 1 amide bonds. The molecular formula is C19H27NO3S. The van der Waals surface area contributed by atoms with Crippen molar-refractivity contribution in [2.24, 2.45) is 11.8 Å². The third-order valence-corrected chi connectivity index (χ3v) is 5.46. The van der Waals surface area contributed by atoms with Crippen molar-refractivity contribution in [1.82, 2.24) is 0 Å². The van der Waals surface area contributed by atoms with Crippen LogP contribution in [-0.4, -0.2) is 29.3 Å².